The maximum Gasteiger partial charge on any atom is 0.163 e. The van der Waals surface area contributed by atoms with Gasteiger partial charge >= 0.3 is 0 Å². The van der Waals surface area contributed by atoms with E-state index in [9.17, 15) is 9.90 Å². The van der Waals surface area contributed by atoms with Crippen molar-refractivity contribution < 1.29 is 19.4 Å². The Morgan fingerprint density at radius 3 is 2.30 bits per heavy atom. The Morgan fingerprint density at radius 2 is 1.63 bits per heavy atom. The van der Waals surface area contributed by atoms with E-state index in [1.165, 1.54) is 0 Å². The summed E-state index contributed by atoms with van der Waals surface area (Å²) in [5, 5.41) is 10.5. The zero-order chi connectivity index (χ0) is 19.2. The molecule has 0 saturated carbocycles. The quantitative estimate of drug-likeness (QED) is 0.584. The van der Waals surface area contributed by atoms with Crippen LogP contribution in [0.4, 0.5) is 0 Å². The van der Waals surface area contributed by atoms with Gasteiger partial charge in [-0.1, -0.05) is 37.3 Å². The molecular formula is C23H22O4. The number of carbonyl (C=O) groups is 1. The second-order valence-corrected chi connectivity index (χ2v) is 6.14. The summed E-state index contributed by atoms with van der Waals surface area (Å²) in [6.45, 7) is 2.23. The molecule has 4 heteroatoms. The van der Waals surface area contributed by atoms with E-state index in [1.807, 2.05) is 37.3 Å². The van der Waals surface area contributed by atoms with Crippen LogP contribution in [0, 0.1) is 0 Å². The van der Waals surface area contributed by atoms with Crippen LogP contribution in [0.2, 0.25) is 0 Å². The molecule has 0 aliphatic carbocycles. The number of rotatable bonds is 7. The number of aromatic hydroxyl groups is 1. The molecule has 3 rings (SSSR count). The molecule has 27 heavy (non-hydrogen) atoms. The van der Waals surface area contributed by atoms with Gasteiger partial charge in [0.15, 0.2) is 5.78 Å². The van der Waals surface area contributed by atoms with Crippen LogP contribution >= 0.6 is 0 Å². The van der Waals surface area contributed by atoms with Crippen molar-refractivity contribution >= 4 is 5.78 Å². The maximum absolute atomic E-state index is 12.4. The third-order valence-corrected chi connectivity index (χ3v) is 4.36. The van der Waals surface area contributed by atoms with E-state index in [-0.39, 0.29) is 11.5 Å². The Kier molecular flexibility index (Phi) is 5.77. The summed E-state index contributed by atoms with van der Waals surface area (Å²) in [6.07, 6.45) is 0.374. The molecule has 0 radical (unpaired) electrons. The number of Topliss-reactive ketones (excluding diaryl/α,β-unsaturated/α-hetero) is 1. The molecule has 0 bridgehead atoms. The van der Waals surface area contributed by atoms with Crippen molar-refractivity contribution in [2.75, 3.05) is 7.11 Å². The van der Waals surface area contributed by atoms with Gasteiger partial charge in [-0.05, 0) is 41.5 Å². The Bertz CT molecular complexity index is 932. The Labute approximate surface area is 159 Å². The fraction of sp³-hybridized carbons (Fsp3) is 0.174. The van der Waals surface area contributed by atoms with Gasteiger partial charge in [0.1, 0.15) is 23.9 Å². The van der Waals surface area contributed by atoms with E-state index in [4.69, 9.17) is 9.47 Å². The topological polar surface area (TPSA) is 55.8 Å². The first-order chi connectivity index (χ1) is 13.1. The summed E-state index contributed by atoms with van der Waals surface area (Å²) in [5.41, 5.74) is 2.84. The second kappa shape index (κ2) is 8.41. The van der Waals surface area contributed by atoms with E-state index >= 15 is 0 Å². The lowest BCUT2D eigenvalue weighted by Gasteiger charge is -2.13. The molecule has 0 aliphatic heterocycles. The Morgan fingerprint density at radius 1 is 0.926 bits per heavy atom. The average molecular weight is 362 g/mol. The molecule has 138 valence electrons. The number of hydrogen-bond donors (Lipinski definition) is 1. The summed E-state index contributed by atoms with van der Waals surface area (Å²) in [5.74, 6) is 1.23. The van der Waals surface area contributed by atoms with Crippen LogP contribution in [0.3, 0.4) is 0 Å². The van der Waals surface area contributed by atoms with Gasteiger partial charge in [-0.2, -0.15) is 0 Å². The molecule has 0 amide bonds. The first-order valence-electron chi connectivity index (χ1n) is 8.83. The highest BCUT2D eigenvalue weighted by Crippen LogP contribution is 2.36. The predicted molar refractivity (Wildman–Crippen MR) is 105 cm³/mol. The lowest BCUT2D eigenvalue weighted by atomic mass is 9.95. The van der Waals surface area contributed by atoms with E-state index in [1.54, 1.807) is 43.5 Å². The van der Waals surface area contributed by atoms with E-state index in [2.05, 4.69) is 0 Å². The molecule has 0 aromatic heterocycles. The number of methoxy groups -OCH3 is 1. The summed E-state index contributed by atoms with van der Waals surface area (Å²) < 4.78 is 11.0. The lowest BCUT2D eigenvalue weighted by molar-refractivity contribution is 0.0988. The van der Waals surface area contributed by atoms with Gasteiger partial charge in [-0.25, -0.2) is 0 Å². The van der Waals surface area contributed by atoms with E-state index in [0.717, 1.165) is 5.56 Å². The molecule has 0 aliphatic rings. The average Bonchev–Trinajstić information content (AvgIpc) is 2.72. The Hall–Kier alpha value is -3.27. The highest BCUT2D eigenvalue weighted by atomic mass is 16.5. The number of carbonyl (C=O) groups excluding carboxylic acids is 1. The lowest BCUT2D eigenvalue weighted by Crippen LogP contribution is -2.01. The van der Waals surface area contributed by atoms with Crippen LogP contribution in [0.15, 0.2) is 66.7 Å². The zero-order valence-corrected chi connectivity index (χ0v) is 15.4. The van der Waals surface area contributed by atoms with Crippen molar-refractivity contribution in [2.45, 2.75) is 20.0 Å². The SMILES string of the molecule is CCC(=O)c1cc(OC)ccc1-c1ccc(OCc2ccccc2)cc1O. The minimum Gasteiger partial charge on any atom is -0.507 e. The van der Waals surface area contributed by atoms with Gasteiger partial charge in [0.2, 0.25) is 0 Å². The summed E-state index contributed by atoms with van der Waals surface area (Å²) in [6, 6.07) is 20.2. The molecule has 0 atom stereocenters. The van der Waals surface area contributed by atoms with Gasteiger partial charge in [0.25, 0.3) is 0 Å². The summed E-state index contributed by atoms with van der Waals surface area (Å²) in [7, 11) is 1.56. The number of benzene rings is 3. The smallest absolute Gasteiger partial charge is 0.163 e. The molecule has 1 N–H and O–H groups in total. The number of ketones is 1. The third kappa shape index (κ3) is 4.29. The van der Waals surface area contributed by atoms with Gasteiger partial charge in [0.05, 0.1) is 7.11 Å². The van der Waals surface area contributed by atoms with Crippen LogP contribution in [0.25, 0.3) is 11.1 Å². The molecule has 4 nitrogen and oxygen atoms in total. The molecule has 0 spiro atoms. The van der Waals surface area contributed by atoms with Crippen molar-refractivity contribution in [3.63, 3.8) is 0 Å². The standard InChI is InChI=1S/C23H22O4/c1-3-22(24)21-13-17(26-2)9-11-19(21)20-12-10-18(14-23(20)25)27-15-16-7-5-4-6-8-16/h4-14,25H,3,15H2,1-2H3. The van der Waals surface area contributed by atoms with E-state index in [0.29, 0.717) is 41.2 Å². The van der Waals surface area contributed by atoms with Crippen LogP contribution < -0.4 is 9.47 Å². The van der Waals surface area contributed by atoms with Gasteiger partial charge in [0, 0.05) is 23.6 Å². The third-order valence-electron chi connectivity index (χ3n) is 4.36. The van der Waals surface area contributed by atoms with Crippen LogP contribution in [0.5, 0.6) is 17.2 Å². The fourth-order valence-electron chi connectivity index (χ4n) is 2.88. The molecule has 0 heterocycles. The van der Waals surface area contributed by atoms with Gasteiger partial charge < -0.3 is 14.6 Å². The summed E-state index contributed by atoms with van der Waals surface area (Å²) in [4.78, 5) is 12.4. The van der Waals surface area contributed by atoms with Crippen molar-refractivity contribution in [1.82, 2.24) is 0 Å². The largest absolute Gasteiger partial charge is 0.507 e. The zero-order valence-electron chi connectivity index (χ0n) is 15.4. The number of ether oxygens (including phenoxy) is 2. The number of phenolic OH excluding ortho intramolecular Hbond substituents is 1. The highest BCUT2D eigenvalue weighted by Gasteiger charge is 2.16. The monoisotopic (exact) mass is 362 g/mol. The van der Waals surface area contributed by atoms with Crippen molar-refractivity contribution in [3.8, 4) is 28.4 Å². The minimum atomic E-state index is -0.00676. The number of phenols is 1. The molecule has 0 unspecified atom stereocenters. The first-order valence-corrected chi connectivity index (χ1v) is 8.83. The van der Waals surface area contributed by atoms with Crippen LogP contribution in [-0.4, -0.2) is 18.0 Å². The predicted octanol–water partition coefficient (Wildman–Crippen LogP) is 5.24. The normalized spacial score (nSPS) is 10.4. The summed E-state index contributed by atoms with van der Waals surface area (Å²) >= 11 is 0. The molecular weight excluding hydrogens is 340 g/mol. The van der Waals surface area contributed by atoms with Crippen molar-refractivity contribution in [3.05, 3.63) is 77.9 Å². The highest BCUT2D eigenvalue weighted by molar-refractivity contribution is 6.03. The second-order valence-electron chi connectivity index (χ2n) is 6.14. The van der Waals surface area contributed by atoms with Crippen molar-refractivity contribution in [1.29, 1.82) is 0 Å². The molecule has 3 aromatic carbocycles. The molecule has 0 saturated heterocycles. The first kappa shape index (κ1) is 18.5. The minimum absolute atomic E-state index is 0.00676. The van der Waals surface area contributed by atoms with E-state index < -0.39 is 0 Å². The Balaban J connectivity index is 1.88. The van der Waals surface area contributed by atoms with Crippen LogP contribution in [0.1, 0.15) is 29.3 Å². The maximum atomic E-state index is 12.4. The molecule has 0 fully saturated rings. The van der Waals surface area contributed by atoms with Crippen molar-refractivity contribution in [2.24, 2.45) is 0 Å². The van der Waals surface area contributed by atoms with Gasteiger partial charge in [-0.15, -0.1) is 0 Å². The number of hydrogen-bond acceptors (Lipinski definition) is 4. The molecule has 3 aromatic rings. The van der Waals surface area contributed by atoms with Gasteiger partial charge in [-0.3, -0.25) is 4.79 Å². The fourth-order valence-corrected chi connectivity index (χ4v) is 2.88. The van der Waals surface area contributed by atoms with Crippen LogP contribution in [-0.2, 0) is 6.61 Å².